The van der Waals surface area contributed by atoms with Crippen molar-refractivity contribution in [3.63, 3.8) is 0 Å². The van der Waals surface area contributed by atoms with E-state index in [9.17, 15) is 0 Å². The number of halogens is 1. The van der Waals surface area contributed by atoms with E-state index in [1.54, 1.807) is 20.3 Å². The van der Waals surface area contributed by atoms with Gasteiger partial charge in [0.1, 0.15) is 47.3 Å². The molecule has 3 aromatic carbocycles. The van der Waals surface area contributed by atoms with Crippen LogP contribution in [0.4, 0.5) is 0 Å². The fourth-order valence-electron chi connectivity index (χ4n) is 4.17. The summed E-state index contributed by atoms with van der Waals surface area (Å²) in [6.45, 7) is 6.05. The summed E-state index contributed by atoms with van der Waals surface area (Å²) in [6, 6.07) is 17.9. The molecule has 0 saturated heterocycles. The van der Waals surface area contributed by atoms with Gasteiger partial charge in [0.15, 0.2) is 0 Å². The Balaban J connectivity index is 1.72. The van der Waals surface area contributed by atoms with Gasteiger partial charge in [0.2, 0.25) is 0 Å². The molecule has 0 aliphatic carbocycles. The fraction of sp³-hybridized carbons (Fsp3) is 0.345. The highest BCUT2D eigenvalue weighted by Gasteiger charge is 2.21. The Labute approximate surface area is 226 Å². The van der Waals surface area contributed by atoms with Crippen LogP contribution in [0.3, 0.4) is 0 Å². The van der Waals surface area contributed by atoms with Crippen molar-refractivity contribution < 1.29 is 24.1 Å². The van der Waals surface area contributed by atoms with Crippen molar-refractivity contribution in [2.24, 2.45) is 0 Å². The molecule has 1 N–H and O–H groups in total. The molecular weight excluding hydrogens is 536 g/mol. The van der Waals surface area contributed by atoms with Crippen LogP contribution in [0.15, 0.2) is 59.1 Å². The summed E-state index contributed by atoms with van der Waals surface area (Å²) in [5, 5.41) is 9.00. The van der Waals surface area contributed by atoms with Crippen LogP contribution in [0.1, 0.15) is 30.9 Å². The molecule has 1 aromatic heterocycles. The number of fused-ring (bicyclic) bond motifs is 1. The number of aromatic nitrogens is 2. The minimum atomic E-state index is -0.0429. The molecule has 0 saturated carbocycles. The van der Waals surface area contributed by atoms with Crippen molar-refractivity contribution in [3.8, 4) is 28.6 Å². The SMILES string of the molecule is COCCn1c(-c2ccc(C(C)C)cc2)nc2c(Br)c(COc3cccc(OCCO)c3)cc(OC)c21. The van der Waals surface area contributed by atoms with E-state index in [4.69, 9.17) is 29.0 Å². The van der Waals surface area contributed by atoms with Gasteiger partial charge < -0.3 is 28.6 Å². The fourth-order valence-corrected chi connectivity index (χ4v) is 4.68. The van der Waals surface area contributed by atoms with Crippen LogP contribution in [0.5, 0.6) is 17.2 Å². The van der Waals surface area contributed by atoms with Crippen LogP contribution in [-0.2, 0) is 17.9 Å². The maximum atomic E-state index is 9.00. The number of hydrogen-bond donors (Lipinski definition) is 1. The smallest absolute Gasteiger partial charge is 0.145 e. The Morgan fingerprint density at radius 2 is 1.70 bits per heavy atom. The highest BCUT2D eigenvalue weighted by Crippen LogP contribution is 2.38. The highest BCUT2D eigenvalue weighted by atomic mass is 79.9. The number of imidazole rings is 1. The maximum absolute atomic E-state index is 9.00. The molecule has 0 unspecified atom stereocenters. The first-order valence-corrected chi connectivity index (χ1v) is 13.1. The highest BCUT2D eigenvalue weighted by molar-refractivity contribution is 9.10. The van der Waals surface area contributed by atoms with Crippen molar-refractivity contribution in [2.45, 2.75) is 32.9 Å². The number of nitrogens with zero attached hydrogens (tertiary/aromatic N) is 2. The van der Waals surface area contributed by atoms with Gasteiger partial charge in [-0.25, -0.2) is 4.98 Å². The molecule has 7 nitrogen and oxygen atoms in total. The minimum Gasteiger partial charge on any atom is -0.494 e. The van der Waals surface area contributed by atoms with Gasteiger partial charge in [0, 0.05) is 30.8 Å². The molecule has 196 valence electrons. The van der Waals surface area contributed by atoms with E-state index in [-0.39, 0.29) is 13.2 Å². The van der Waals surface area contributed by atoms with Gasteiger partial charge in [-0.15, -0.1) is 0 Å². The zero-order chi connectivity index (χ0) is 26.4. The Morgan fingerprint density at radius 3 is 2.35 bits per heavy atom. The molecule has 0 aliphatic heterocycles. The van der Waals surface area contributed by atoms with Crippen molar-refractivity contribution in [1.29, 1.82) is 0 Å². The summed E-state index contributed by atoms with van der Waals surface area (Å²) in [6.07, 6.45) is 0. The average molecular weight is 569 g/mol. The largest absolute Gasteiger partial charge is 0.494 e. The van der Waals surface area contributed by atoms with E-state index >= 15 is 0 Å². The van der Waals surface area contributed by atoms with E-state index in [2.05, 4.69) is 58.6 Å². The van der Waals surface area contributed by atoms with Gasteiger partial charge in [-0.3, -0.25) is 0 Å². The Morgan fingerprint density at radius 1 is 0.973 bits per heavy atom. The Hall–Kier alpha value is -3.07. The number of hydrogen-bond acceptors (Lipinski definition) is 6. The lowest BCUT2D eigenvalue weighted by atomic mass is 10.0. The Kier molecular flexibility index (Phi) is 9.08. The Bertz CT molecular complexity index is 1330. The van der Waals surface area contributed by atoms with Crippen LogP contribution in [0, 0.1) is 0 Å². The van der Waals surface area contributed by atoms with Crippen LogP contribution in [0.25, 0.3) is 22.4 Å². The normalized spacial score (nSPS) is 11.3. The molecule has 4 aromatic rings. The van der Waals surface area contributed by atoms with Gasteiger partial charge in [0.05, 0.1) is 24.8 Å². The molecule has 1 heterocycles. The summed E-state index contributed by atoms with van der Waals surface area (Å²) in [4.78, 5) is 5.06. The summed E-state index contributed by atoms with van der Waals surface area (Å²) < 4.78 is 25.8. The second-order valence-electron chi connectivity index (χ2n) is 8.94. The number of benzene rings is 3. The summed E-state index contributed by atoms with van der Waals surface area (Å²) in [5.41, 5.74) is 4.93. The second-order valence-corrected chi connectivity index (χ2v) is 9.73. The lowest BCUT2D eigenvalue weighted by Gasteiger charge is -2.14. The maximum Gasteiger partial charge on any atom is 0.145 e. The van der Waals surface area contributed by atoms with E-state index in [0.29, 0.717) is 42.9 Å². The molecule has 0 spiro atoms. The monoisotopic (exact) mass is 568 g/mol. The van der Waals surface area contributed by atoms with E-state index in [1.165, 1.54) is 5.56 Å². The molecule has 4 rings (SSSR count). The van der Waals surface area contributed by atoms with Crippen LogP contribution >= 0.6 is 15.9 Å². The van der Waals surface area contributed by atoms with Crippen LogP contribution < -0.4 is 14.2 Å². The van der Waals surface area contributed by atoms with Gasteiger partial charge in [-0.05, 0) is 45.6 Å². The number of aliphatic hydroxyl groups excluding tert-OH is 1. The third-order valence-corrected chi connectivity index (χ3v) is 7.02. The van der Waals surface area contributed by atoms with E-state index in [1.807, 2.05) is 24.3 Å². The molecule has 0 amide bonds. The minimum absolute atomic E-state index is 0.0429. The molecule has 0 fully saturated rings. The number of rotatable bonds is 12. The first kappa shape index (κ1) is 27.0. The van der Waals surface area contributed by atoms with Gasteiger partial charge >= 0.3 is 0 Å². The first-order chi connectivity index (χ1) is 18.0. The zero-order valence-electron chi connectivity index (χ0n) is 21.7. The van der Waals surface area contributed by atoms with Crippen molar-refractivity contribution in [2.75, 3.05) is 34.0 Å². The van der Waals surface area contributed by atoms with Crippen LogP contribution in [-0.4, -0.2) is 48.7 Å². The molecule has 0 radical (unpaired) electrons. The summed E-state index contributed by atoms with van der Waals surface area (Å²) >= 11 is 3.79. The van der Waals surface area contributed by atoms with Gasteiger partial charge in [-0.1, -0.05) is 44.2 Å². The molecule has 37 heavy (non-hydrogen) atoms. The lowest BCUT2D eigenvalue weighted by Crippen LogP contribution is -2.07. The topological polar surface area (TPSA) is 75.0 Å². The van der Waals surface area contributed by atoms with Crippen molar-refractivity contribution in [1.82, 2.24) is 9.55 Å². The predicted octanol–water partition coefficient (Wildman–Crippen LogP) is 6.19. The number of methoxy groups -OCH3 is 2. The number of ether oxygens (including phenoxy) is 4. The quantitative estimate of drug-likeness (QED) is 0.219. The number of aliphatic hydroxyl groups is 1. The molecule has 8 heteroatoms. The average Bonchev–Trinajstić information content (AvgIpc) is 3.30. The predicted molar refractivity (Wildman–Crippen MR) is 149 cm³/mol. The van der Waals surface area contributed by atoms with Gasteiger partial charge in [0.25, 0.3) is 0 Å². The van der Waals surface area contributed by atoms with Crippen molar-refractivity contribution in [3.05, 3.63) is 70.2 Å². The second kappa shape index (κ2) is 12.4. The molecular formula is C29H33BrN2O5. The molecule has 0 bridgehead atoms. The van der Waals surface area contributed by atoms with E-state index < -0.39 is 0 Å². The lowest BCUT2D eigenvalue weighted by molar-refractivity contribution is 0.188. The first-order valence-electron chi connectivity index (χ1n) is 12.3. The molecule has 0 atom stereocenters. The standard InChI is InChI=1S/C29H33BrN2O5/c1-19(2)20-8-10-21(11-9-20)29-31-27-26(30)22(16-25(35-4)28(27)32(29)12-14-34-3)18-37-24-7-5-6-23(17-24)36-15-13-33/h5-11,16-17,19,33H,12-15,18H2,1-4H3. The zero-order valence-corrected chi connectivity index (χ0v) is 23.2. The third kappa shape index (κ3) is 6.09. The third-order valence-electron chi connectivity index (χ3n) is 6.13. The van der Waals surface area contributed by atoms with Gasteiger partial charge in [-0.2, -0.15) is 0 Å². The van der Waals surface area contributed by atoms with Crippen LogP contribution in [0.2, 0.25) is 0 Å². The molecule has 0 aliphatic rings. The summed E-state index contributed by atoms with van der Waals surface area (Å²) in [5.74, 6) is 3.33. The van der Waals surface area contributed by atoms with E-state index in [0.717, 1.165) is 32.5 Å². The summed E-state index contributed by atoms with van der Waals surface area (Å²) in [7, 11) is 3.36. The van der Waals surface area contributed by atoms with Crippen molar-refractivity contribution >= 4 is 27.0 Å².